The van der Waals surface area contributed by atoms with Crippen LogP contribution in [0.1, 0.15) is 33.6 Å². The van der Waals surface area contributed by atoms with E-state index in [0.29, 0.717) is 12.4 Å². The Balaban J connectivity index is 2.59. The van der Waals surface area contributed by atoms with Gasteiger partial charge >= 0.3 is 0 Å². The van der Waals surface area contributed by atoms with Crippen LogP contribution in [0.2, 0.25) is 0 Å². The summed E-state index contributed by atoms with van der Waals surface area (Å²) in [7, 11) is -3.45. The van der Waals surface area contributed by atoms with Crippen molar-refractivity contribution in [2.75, 3.05) is 19.7 Å². The van der Waals surface area contributed by atoms with Crippen LogP contribution in [0.5, 0.6) is 5.75 Å². The Morgan fingerprint density at radius 1 is 1.19 bits per heavy atom. The molecule has 0 aliphatic rings. The molecule has 0 radical (unpaired) electrons. The van der Waals surface area contributed by atoms with Crippen molar-refractivity contribution in [3.8, 4) is 5.75 Å². The molecule has 1 unspecified atom stereocenters. The van der Waals surface area contributed by atoms with E-state index in [1.54, 1.807) is 24.3 Å². The average Bonchev–Trinajstić information content (AvgIpc) is 2.44. The van der Waals surface area contributed by atoms with Crippen LogP contribution in [-0.4, -0.2) is 34.2 Å². The van der Waals surface area contributed by atoms with Crippen molar-refractivity contribution in [1.82, 2.24) is 10.0 Å². The predicted octanol–water partition coefficient (Wildman–Crippen LogP) is 2.14. The van der Waals surface area contributed by atoms with E-state index in [-0.39, 0.29) is 10.9 Å². The maximum atomic E-state index is 12.2. The summed E-state index contributed by atoms with van der Waals surface area (Å²) in [6.45, 7) is 8.18. The second-order valence-corrected chi connectivity index (χ2v) is 6.70. The standard InChI is InChI=1S/C15H26N2O3S/c1-4-6-13(3)17-21(18,19)15-9-7-14(8-10-15)20-12-11-16-5-2/h7-10,13,16-17H,4-6,11-12H2,1-3H3. The molecule has 2 N–H and O–H groups in total. The van der Waals surface area contributed by atoms with Gasteiger partial charge in [-0.25, -0.2) is 13.1 Å². The molecule has 1 aromatic rings. The smallest absolute Gasteiger partial charge is 0.240 e. The number of sulfonamides is 1. The number of rotatable bonds is 10. The van der Waals surface area contributed by atoms with E-state index in [2.05, 4.69) is 10.0 Å². The lowest BCUT2D eigenvalue weighted by Gasteiger charge is -2.13. The van der Waals surface area contributed by atoms with E-state index in [1.165, 1.54) is 0 Å². The highest BCUT2D eigenvalue weighted by atomic mass is 32.2. The second kappa shape index (κ2) is 9.02. The summed E-state index contributed by atoms with van der Waals surface area (Å²) in [4.78, 5) is 0.268. The van der Waals surface area contributed by atoms with Gasteiger partial charge in [0.25, 0.3) is 0 Å². The van der Waals surface area contributed by atoms with Crippen molar-refractivity contribution in [3.63, 3.8) is 0 Å². The molecule has 1 aromatic carbocycles. The minimum absolute atomic E-state index is 0.0592. The van der Waals surface area contributed by atoms with Crippen LogP contribution in [0.3, 0.4) is 0 Å². The Morgan fingerprint density at radius 2 is 1.86 bits per heavy atom. The number of benzene rings is 1. The molecule has 0 fully saturated rings. The van der Waals surface area contributed by atoms with Crippen molar-refractivity contribution in [2.24, 2.45) is 0 Å². The fourth-order valence-electron chi connectivity index (χ4n) is 1.96. The minimum Gasteiger partial charge on any atom is -0.492 e. The Bertz CT molecular complexity index is 500. The highest BCUT2D eigenvalue weighted by Crippen LogP contribution is 2.16. The third-order valence-electron chi connectivity index (χ3n) is 3.01. The molecule has 5 nitrogen and oxygen atoms in total. The monoisotopic (exact) mass is 314 g/mol. The summed E-state index contributed by atoms with van der Waals surface area (Å²) in [6.07, 6.45) is 1.77. The highest BCUT2D eigenvalue weighted by molar-refractivity contribution is 7.89. The lowest BCUT2D eigenvalue weighted by molar-refractivity contribution is 0.315. The van der Waals surface area contributed by atoms with Gasteiger partial charge in [-0.3, -0.25) is 0 Å². The molecule has 0 saturated heterocycles. The van der Waals surface area contributed by atoms with Crippen LogP contribution < -0.4 is 14.8 Å². The van der Waals surface area contributed by atoms with Gasteiger partial charge in [-0.15, -0.1) is 0 Å². The van der Waals surface area contributed by atoms with Gasteiger partial charge in [-0.1, -0.05) is 20.3 Å². The van der Waals surface area contributed by atoms with Crippen LogP contribution in [0.4, 0.5) is 0 Å². The van der Waals surface area contributed by atoms with Crippen LogP contribution in [0, 0.1) is 0 Å². The molecule has 21 heavy (non-hydrogen) atoms. The summed E-state index contributed by atoms with van der Waals surface area (Å²) in [6, 6.07) is 6.46. The lowest BCUT2D eigenvalue weighted by atomic mass is 10.2. The molecular formula is C15H26N2O3S. The Hall–Kier alpha value is -1.11. The van der Waals surface area contributed by atoms with Crippen molar-refractivity contribution in [3.05, 3.63) is 24.3 Å². The van der Waals surface area contributed by atoms with Gasteiger partial charge < -0.3 is 10.1 Å². The summed E-state index contributed by atoms with van der Waals surface area (Å²) < 4.78 is 32.5. The molecule has 0 amide bonds. The molecule has 0 saturated carbocycles. The van der Waals surface area contributed by atoms with E-state index in [0.717, 1.165) is 25.9 Å². The van der Waals surface area contributed by atoms with E-state index < -0.39 is 10.0 Å². The molecule has 120 valence electrons. The third kappa shape index (κ3) is 6.46. The molecule has 0 heterocycles. The summed E-state index contributed by atoms with van der Waals surface area (Å²) in [5.41, 5.74) is 0. The number of ether oxygens (including phenoxy) is 1. The first-order valence-electron chi connectivity index (χ1n) is 7.45. The van der Waals surface area contributed by atoms with Gasteiger partial charge in [0.2, 0.25) is 10.0 Å². The molecule has 1 rings (SSSR count). The van der Waals surface area contributed by atoms with Crippen LogP contribution in [0.15, 0.2) is 29.2 Å². The highest BCUT2D eigenvalue weighted by Gasteiger charge is 2.16. The van der Waals surface area contributed by atoms with Gasteiger partial charge in [0, 0.05) is 12.6 Å². The van der Waals surface area contributed by atoms with Crippen LogP contribution >= 0.6 is 0 Å². The number of nitrogens with one attached hydrogen (secondary N) is 2. The van der Waals surface area contributed by atoms with Crippen LogP contribution in [0.25, 0.3) is 0 Å². The number of hydrogen-bond acceptors (Lipinski definition) is 4. The predicted molar refractivity (Wildman–Crippen MR) is 85.2 cm³/mol. The average molecular weight is 314 g/mol. The van der Waals surface area contributed by atoms with Crippen molar-refractivity contribution in [1.29, 1.82) is 0 Å². The fraction of sp³-hybridized carbons (Fsp3) is 0.600. The van der Waals surface area contributed by atoms with E-state index in [4.69, 9.17) is 4.74 Å². The van der Waals surface area contributed by atoms with Crippen molar-refractivity contribution >= 4 is 10.0 Å². The van der Waals surface area contributed by atoms with E-state index >= 15 is 0 Å². The minimum atomic E-state index is -3.45. The molecule has 0 bridgehead atoms. The Labute approximate surface area is 128 Å². The summed E-state index contributed by atoms with van der Waals surface area (Å²) in [5.74, 6) is 0.674. The zero-order valence-corrected chi connectivity index (χ0v) is 13.9. The van der Waals surface area contributed by atoms with Gasteiger partial charge in [-0.2, -0.15) is 0 Å². The van der Waals surface area contributed by atoms with Crippen molar-refractivity contribution in [2.45, 2.75) is 44.6 Å². The first-order chi connectivity index (χ1) is 9.99. The molecule has 6 heteroatoms. The van der Waals surface area contributed by atoms with Gasteiger partial charge in [-0.05, 0) is 44.2 Å². The zero-order chi connectivity index (χ0) is 15.7. The lowest BCUT2D eigenvalue weighted by Crippen LogP contribution is -2.32. The van der Waals surface area contributed by atoms with Gasteiger partial charge in [0.05, 0.1) is 4.90 Å². The zero-order valence-electron chi connectivity index (χ0n) is 13.1. The Morgan fingerprint density at radius 3 is 2.43 bits per heavy atom. The van der Waals surface area contributed by atoms with E-state index in [9.17, 15) is 8.42 Å². The molecule has 0 aromatic heterocycles. The molecule has 1 atom stereocenters. The first-order valence-corrected chi connectivity index (χ1v) is 8.93. The maximum absolute atomic E-state index is 12.2. The molecule has 0 aliphatic heterocycles. The van der Waals surface area contributed by atoms with Crippen molar-refractivity contribution < 1.29 is 13.2 Å². The molecule has 0 aliphatic carbocycles. The number of hydrogen-bond donors (Lipinski definition) is 2. The second-order valence-electron chi connectivity index (χ2n) is 4.98. The van der Waals surface area contributed by atoms with Crippen LogP contribution in [-0.2, 0) is 10.0 Å². The topological polar surface area (TPSA) is 67.4 Å². The summed E-state index contributed by atoms with van der Waals surface area (Å²) >= 11 is 0. The van der Waals surface area contributed by atoms with Gasteiger partial charge in [0.15, 0.2) is 0 Å². The summed E-state index contributed by atoms with van der Waals surface area (Å²) in [5, 5.41) is 3.16. The quantitative estimate of drug-likeness (QED) is 0.649. The normalized spacial score (nSPS) is 13.1. The van der Waals surface area contributed by atoms with Gasteiger partial charge in [0.1, 0.15) is 12.4 Å². The Kier molecular flexibility index (Phi) is 7.71. The third-order valence-corrected chi connectivity index (χ3v) is 4.62. The molecular weight excluding hydrogens is 288 g/mol. The maximum Gasteiger partial charge on any atom is 0.240 e. The van der Waals surface area contributed by atoms with E-state index in [1.807, 2.05) is 20.8 Å². The SMILES string of the molecule is CCCC(C)NS(=O)(=O)c1ccc(OCCNCC)cc1. The first kappa shape index (κ1) is 17.9. The largest absolute Gasteiger partial charge is 0.492 e. The number of likely N-dealkylation sites (N-methyl/N-ethyl adjacent to an activating group) is 1. The molecule has 0 spiro atoms. The fourth-order valence-corrected chi connectivity index (χ4v) is 3.24.